The van der Waals surface area contributed by atoms with E-state index in [1.165, 1.54) is 31.4 Å². The van der Waals surface area contributed by atoms with Crippen molar-refractivity contribution in [2.45, 2.75) is 38.6 Å². The number of nitrogens with one attached hydrogen (secondary N) is 1. The van der Waals surface area contributed by atoms with Crippen LogP contribution in [-0.2, 0) is 0 Å². The molecule has 76 valence electrons. The summed E-state index contributed by atoms with van der Waals surface area (Å²) >= 11 is 0. The molecule has 0 aliphatic heterocycles. The quantitative estimate of drug-likeness (QED) is 0.745. The summed E-state index contributed by atoms with van der Waals surface area (Å²) in [5, 5.41) is 3.64. The Morgan fingerprint density at radius 3 is 2.57 bits per heavy atom. The van der Waals surface area contributed by atoms with Crippen LogP contribution in [0.25, 0.3) is 0 Å². The fraction of sp³-hybridized carbons (Fsp3) is 0.538. The lowest BCUT2D eigenvalue weighted by molar-refractivity contribution is 0.578. The van der Waals surface area contributed by atoms with Crippen LogP contribution in [0.3, 0.4) is 0 Å². The zero-order valence-electron chi connectivity index (χ0n) is 8.87. The van der Waals surface area contributed by atoms with Crippen molar-refractivity contribution in [1.82, 2.24) is 0 Å². The Bertz CT molecular complexity index is 264. The smallest absolute Gasteiger partial charge is 0.0342 e. The van der Waals surface area contributed by atoms with Gasteiger partial charge in [0.2, 0.25) is 0 Å². The van der Waals surface area contributed by atoms with Crippen LogP contribution in [-0.4, -0.2) is 6.04 Å². The van der Waals surface area contributed by atoms with E-state index in [0.29, 0.717) is 6.04 Å². The monoisotopic (exact) mass is 189 g/mol. The molecule has 1 N–H and O–H groups in total. The van der Waals surface area contributed by atoms with Gasteiger partial charge < -0.3 is 5.32 Å². The highest BCUT2D eigenvalue weighted by Gasteiger charge is 2.30. The second-order valence-corrected chi connectivity index (χ2v) is 4.24. The van der Waals surface area contributed by atoms with Crippen molar-refractivity contribution >= 4 is 5.69 Å². The molecule has 0 heterocycles. The van der Waals surface area contributed by atoms with Gasteiger partial charge in [-0.3, -0.25) is 0 Å². The number of rotatable bonds is 5. The lowest BCUT2D eigenvalue weighted by atomic mass is 10.1. The van der Waals surface area contributed by atoms with E-state index in [9.17, 15) is 0 Å². The van der Waals surface area contributed by atoms with Gasteiger partial charge in [0.25, 0.3) is 0 Å². The molecule has 1 aromatic rings. The van der Waals surface area contributed by atoms with Gasteiger partial charge in [-0.15, -0.1) is 0 Å². The zero-order chi connectivity index (χ0) is 9.80. The van der Waals surface area contributed by atoms with Crippen LogP contribution in [0.2, 0.25) is 0 Å². The van der Waals surface area contributed by atoms with Gasteiger partial charge in [0.05, 0.1) is 0 Å². The first-order valence-corrected chi connectivity index (χ1v) is 5.71. The average Bonchev–Trinajstić information content (AvgIpc) is 3.02. The Balaban J connectivity index is 1.93. The van der Waals surface area contributed by atoms with Crippen molar-refractivity contribution in [1.29, 1.82) is 0 Å². The zero-order valence-corrected chi connectivity index (χ0v) is 8.87. The highest BCUT2D eigenvalue weighted by Crippen LogP contribution is 2.36. The molecule has 0 aromatic heterocycles. The molecule has 1 aromatic carbocycles. The second kappa shape index (κ2) is 4.50. The molecule has 1 aliphatic rings. The lowest BCUT2D eigenvalue weighted by Gasteiger charge is -2.18. The van der Waals surface area contributed by atoms with Crippen LogP contribution in [0.5, 0.6) is 0 Å². The van der Waals surface area contributed by atoms with Gasteiger partial charge in [0.15, 0.2) is 0 Å². The fourth-order valence-electron chi connectivity index (χ4n) is 1.98. The molecule has 0 amide bonds. The summed E-state index contributed by atoms with van der Waals surface area (Å²) < 4.78 is 0. The van der Waals surface area contributed by atoms with Crippen molar-refractivity contribution in [3.63, 3.8) is 0 Å². The van der Waals surface area contributed by atoms with Crippen LogP contribution < -0.4 is 5.32 Å². The van der Waals surface area contributed by atoms with Gasteiger partial charge >= 0.3 is 0 Å². The number of hydrogen-bond acceptors (Lipinski definition) is 1. The summed E-state index contributed by atoms with van der Waals surface area (Å²) in [5.41, 5.74) is 1.28. The molecule has 1 saturated carbocycles. The summed E-state index contributed by atoms with van der Waals surface area (Å²) in [6, 6.07) is 11.3. The summed E-state index contributed by atoms with van der Waals surface area (Å²) in [6.07, 6.45) is 5.43. The van der Waals surface area contributed by atoms with E-state index in [1.807, 2.05) is 0 Å². The van der Waals surface area contributed by atoms with E-state index in [-0.39, 0.29) is 0 Å². The SMILES string of the molecule is CCCC(Nc1ccccc1)C1CC1. The molecule has 0 bridgehead atoms. The first kappa shape index (κ1) is 9.57. The molecule has 1 heteroatoms. The summed E-state index contributed by atoms with van der Waals surface area (Å²) in [5.74, 6) is 0.940. The van der Waals surface area contributed by atoms with E-state index < -0.39 is 0 Å². The summed E-state index contributed by atoms with van der Waals surface area (Å²) in [4.78, 5) is 0. The van der Waals surface area contributed by atoms with Crippen LogP contribution in [0.4, 0.5) is 5.69 Å². The van der Waals surface area contributed by atoms with Crippen LogP contribution in [0, 0.1) is 5.92 Å². The van der Waals surface area contributed by atoms with Gasteiger partial charge in [0, 0.05) is 11.7 Å². The fourth-order valence-corrected chi connectivity index (χ4v) is 1.98. The van der Waals surface area contributed by atoms with Gasteiger partial charge in [-0.25, -0.2) is 0 Å². The van der Waals surface area contributed by atoms with Gasteiger partial charge in [-0.05, 0) is 37.3 Å². The average molecular weight is 189 g/mol. The number of anilines is 1. The summed E-state index contributed by atoms with van der Waals surface area (Å²) in [6.45, 7) is 2.27. The number of hydrogen-bond donors (Lipinski definition) is 1. The molecule has 1 fully saturated rings. The maximum atomic E-state index is 3.64. The van der Waals surface area contributed by atoms with Crippen molar-refractivity contribution in [3.05, 3.63) is 30.3 Å². The maximum absolute atomic E-state index is 3.64. The molecule has 1 nitrogen and oxygen atoms in total. The van der Waals surface area contributed by atoms with E-state index in [0.717, 1.165) is 5.92 Å². The van der Waals surface area contributed by atoms with Crippen molar-refractivity contribution in [3.8, 4) is 0 Å². The Morgan fingerprint density at radius 1 is 1.29 bits per heavy atom. The third-order valence-electron chi connectivity index (χ3n) is 2.92. The van der Waals surface area contributed by atoms with Crippen molar-refractivity contribution < 1.29 is 0 Å². The number of para-hydroxylation sites is 1. The van der Waals surface area contributed by atoms with E-state index >= 15 is 0 Å². The molecule has 0 radical (unpaired) electrons. The minimum Gasteiger partial charge on any atom is -0.382 e. The first-order chi connectivity index (χ1) is 6.90. The molecule has 1 atom stereocenters. The molecule has 0 saturated heterocycles. The molecule has 1 aliphatic carbocycles. The van der Waals surface area contributed by atoms with Gasteiger partial charge in [0.1, 0.15) is 0 Å². The van der Waals surface area contributed by atoms with Crippen LogP contribution >= 0.6 is 0 Å². The van der Waals surface area contributed by atoms with Crippen molar-refractivity contribution in [2.24, 2.45) is 5.92 Å². The Labute approximate surface area is 86.5 Å². The first-order valence-electron chi connectivity index (χ1n) is 5.71. The second-order valence-electron chi connectivity index (χ2n) is 4.24. The standard InChI is InChI=1S/C13H19N/c1-2-6-13(11-9-10-11)14-12-7-4-3-5-8-12/h3-5,7-8,11,13-14H,2,6,9-10H2,1H3. The topological polar surface area (TPSA) is 12.0 Å². The minimum absolute atomic E-state index is 0.711. The molecular formula is C13H19N. The Kier molecular flexibility index (Phi) is 3.07. The third-order valence-corrected chi connectivity index (χ3v) is 2.92. The molecule has 1 unspecified atom stereocenters. The largest absolute Gasteiger partial charge is 0.382 e. The van der Waals surface area contributed by atoms with Crippen LogP contribution in [0.15, 0.2) is 30.3 Å². The third kappa shape index (κ3) is 2.50. The predicted octanol–water partition coefficient (Wildman–Crippen LogP) is 3.68. The lowest BCUT2D eigenvalue weighted by Crippen LogP contribution is -2.21. The highest BCUT2D eigenvalue weighted by atomic mass is 14.9. The molecule has 0 spiro atoms. The predicted molar refractivity (Wildman–Crippen MR) is 61.5 cm³/mol. The van der Waals surface area contributed by atoms with Crippen molar-refractivity contribution in [2.75, 3.05) is 5.32 Å². The van der Waals surface area contributed by atoms with Gasteiger partial charge in [-0.1, -0.05) is 31.5 Å². The summed E-state index contributed by atoms with van der Waals surface area (Å²) in [7, 11) is 0. The van der Waals surface area contributed by atoms with E-state index in [1.54, 1.807) is 0 Å². The van der Waals surface area contributed by atoms with Crippen LogP contribution in [0.1, 0.15) is 32.6 Å². The normalized spacial score (nSPS) is 17.8. The Hall–Kier alpha value is -0.980. The molecular weight excluding hydrogens is 170 g/mol. The maximum Gasteiger partial charge on any atom is 0.0342 e. The van der Waals surface area contributed by atoms with Gasteiger partial charge in [-0.2, -0.15) is 0 Å². The Morgan fingerprint density at radius 2 is 2.00 bits per heavy atom. The van der Waals surface area contributed by atoms with E-state index in [4.69, 9.17) is 0 Å². The molecule has 2 rings (SSSR count). The minimum atomic E-state index is 0.711. The highest BCUT2D eigenvalue weighted by molar-refractivity contribution is 5.43. The number of benzene rings is 1. The molecule has 14 heavy (non-hydrogen) atoms. The van der Waals surface area contributed by atoms with E-state index in [2.05, 4.69) is 42.6 Å².